The van der Waals surface area contributed by atoms with E-state index >= 15 is 0 Å². The topological polar surface area (TPSA) is 98.6 Å². The van der Waals surface area contributed by atoms with Crippen LogP contribution in [0.4, 0.5) is 11.4 Å². The van der Waals surface area contributed by atoms with E-state index in [0.29, 0.717) is 46.9 Å². The summed E-state index contributed by atoms with van der Waals surface area (Å²) in [6.45, 7) is 8.28. The highest BCUT2D eigenvalue weighted by molar-refractivity contribution is 6.05. The number of benzene rings is 1. The number of nitrogens with zero attached hydrogens (tertiary/aromatic N) is 4. The van der Waals surface area contributed by atoms with E-state index < -0.39 is 18.0 Å². The van der Waals surface area contributed by atoms with Crippen LogP contribution in [0.1, 0.15) is 28.7 Å². The Balaban J connectivity index is 1.43. The van der Waals surface area contributed by atoms with Crippen molar-refractivity contribution in [3.8, 4) is 0 Å². The molecule has 0 aliphatic carbocycles. The third-order valence-corrected chi connectivity index (χ3v) is 5.48. The van der Waals surface area contributed by atoms with Gasteiger partial charge in [0, 0.05) is 37.2 Å². The predicted octanol–water partition coefficient (Wildman–Crippen LogP) is 2.61. The van der Waals surface area contributed by atoms with Gasteiger partial charge in [-0.3, -0.25) is 9.48 Å². The quantitative estimate of drug-likeness (QED) is 0.613. The van der Waals surface area contributed by atoms with Crippen LogP contribution >= 0.6 is 0 Å². The van der Waals surface area contributed by atoms with Crippen LogP contribution in [0.25, 0.3) is 11.0 Å². The molecule has 3 heterocycles. The zero-order valence-corrected chi connectivity index (χ0v) is 18.7. The van der Waals surface area contributed by atoms with Gasteiger partial charge in [-0.2, -0.15) is 5.10 Å². The van der Waals surface area contributed by atoms with Crippen LogP contribution in [0.2, 0.25) is 0 Å². The van der Waals surface area contributed by atoms with Crippen molar-refractivity contribution >= 4 is 34.3 Å². The molecule has 4 rings (SSSR count). The van der Waals surface area contributed by atoms with Gasteiger partial charge in [0.2, 0.25) is 0 Å². The van der Waals surface area contributed by atoms with Crippen LogP contribution < -0.4 is 10.2 Å². The molecule has 168 valence electrons. The maximum atomic E-state index is 12.9. The van der Waals surface area contributed by atoms with Crippen molar-refractivity contribution < 1.29 is 19.1 Å². The first-order chi connectivity index (χ1) is 15.3. The summed E-state index contributed by atoms with van der Waals surface area (Å²) in [6, 6.07) is 9.25. The second-order valence-corrected chi connectivity index (χ2v) is 7.90. The molecule has 1 aliphatic heterocycles. The van der Waals surface area contributed by atoms with Gasteiger partial charge in [0.15, 0.2) is 11.8 Å². The Hall–Kier alpha value is -3.46. The van der Waals surface area contributed by atoms with E-state index in [0.717, 1.165) is 18.8 Å². The number of hydrogen-bond acceptors (Lipinski definition) is 7. The number of aryl methyl sites for hydroxylation is 3. The number of morpholine rings is 1. The average Bonchev–Trinajstić information content (AvgIpc) is 3.07. The molecule has 1 aromatic carbocycles. The number of amides is 1. The average molecular weight is 438 g/mol. The van der Waals surface area contributed by atoms with Gasteiger partial charge in [-0.1, -0.05) is 0 Å². The third kappa shape index (κ3) is 4.43. The summed E-state index contributed by atoms with van der Waals surface area (Å²) >= 11 is 0. The van der Waals surface area contributed by atoms with Crippen LogP contribution in [0.3, 0.4) is 0 Å². The summed E-state index contributed by atoms with van der Waals surface area (Å²) in [6.07, 6.45) is -0.970. The summed E-state index contributed by atoms with van der Waals surface area (Å²) in [5.41, 5.74) is 4.03. The first-order valence-electron chi connectivity index (χ1n) is 10.6. The van der Waals surface area contributed by atoms with Crippen molar-refractivity contribution in [2.24, 2.45) is 7.05 Å². The number of nitrogens with one attached hydrogen (secondary N) is 1. The molecular formula is C23H27N5O4. The van der Waals surface area contributed by atoms with E-state index in [-0.39, 0.29) is 0 Å². The first-order valence-corrected chi connectivity index (χ1v) is 10.6. The lowest BCUT2D eigenvalue weighted by Crippen LogP contribution is -2.36. The fourth-order valence-corrected chi connectivity index (χ4v) is 3.83. The summed E-state index contributed by atoms with van der Waals surface area (Å²) in [5, 5.41) is 7.78. The number of ether oxygens (including phenoxy) is 2. The van der Waals surface area contributed by atoms with Gasteiger partial charge in [0.1, 0.15) is 0 Å². The molecule has 1 N–H and O–H groups in total. The minimum Gasteiger partial charge on any atom is -0.449 e. The van der Waals surface area contributed by atoms with Crippen LogP contribution in [-0.4, -0.2) is 59.0 Å². The fraction of sp³-hybridized carbons (Fsp3) is 0.391. The number of anilines is 2. The lowest BCUT2D eigenvalue weighted by molar-refractivity contribution is -0.123. The number of esters is 1. The Morgan fingerprint density at radius 3 is 2.53 bits per heavy atom. The van der Waals surface area contributed by atoms with Crippen LogP contribution in [-0.2, 0) is 21.3 Å². The number of fused-ring (bicyclic) bond motifs is 1. The lowest BCUT2D eigenvalue weighted by atomic mass is 10.1. The lowest BCUT2D eigenvalue weighted by Gasteiger charge is -2.28. The van der Waals surface area contributed by atoms with Gasteiger partial charge < -0.3 is 19.7 Å². The molecule has 9 heteroatoms. The highest BCUT2D eigenvalue weighted by Gasteiger charge is 2.23. The van der Waals surface area contributed by atoms with Crippen molar-refractivity contribution in [2.45, 2.75) is 26.9 Å². The van der Waals surface area contributed by atoms with Crippen LogP contribution in [0, 0.1) is 13.8 Å². The first kappa shape index (κ1) is 21.8. The molecule has 1 unspecified atom stereocenters. The van der Waals surface area contributed by atoms with Gasteiger partial charge in [0.05, 0.1) is 29.9 Å². The Morgan fingerprint density at radius 2 is 1.84 bits per heavy atom. The highest BCUT2D eigenvalue weighted by Crippen LogP contribution is 2.23. The van der Waals surface area contributed by atoms with Gasteiger partial charge >= 0.3 is 5.97 Å². The summed E-state index contributed by atoms with van der Waals surface area (Å²) < 4.78 is 12.5. The minimum atomic E-state index is -0.970. The van der Waals surface area contributed by atoms with Crippen molar-refractivity contribution in [3.63, 3.8) is 0 Å². The second-order valence-electron chi connectivity index (χ2n) is 7.90. The number of aromatic nitrogens is 3. The van der Waals surface area contributed by atoms with Crippen molar-refractivity contribution in [3.05, 3.63) is 47.3 Å². The van der Waals surface area contributed by atoms with E-state index in [2.05, 4.69) is 20.3 Å². The second kappa shape index (κ2) is 8.96. The number of carbonyl (C=O) groups excluding carboxylic acids is 2. The fourth-order valence-electron chi connectivity index (χ4n) is 3.83. The smallest absolute Gasteiger partial charge is 0.339 e. The highest BCUT2D eigenvalue weighted by atomic mass is 16.5. The van der Waals surface area contributed by atoms with Crippen molar-refractivity contribution in [2.75, 3.05) is 36.5 Å². The summed E-state index contributed by atoms with van der Waals surface area (Å²) in [7, 11) is 1.78. The molecule has 0 bridgehead atoms. The summed E-state index contributed by atoms with van der Waals surface area (Å²) in [5.74, 6) is -0.982. The molecule has 1 aliphatic rings. The van der Waals surface area contributed by atoms with E-state index in [1.54, 1.807) is 31.6 Å². The SMILES string of the molecule is Cc1cc(C(=O)OC(C)C(=O)Nc2ccc(N3CCOCC3)cc2)c2c(C)nn(C)c2n1. The third-order valence-electron chi connectivity index (χ3n) is 5.48. The van der Waals surface area contributed by atoms with Crippen LogP contribution in [0.15, 0.2) is 30.3 Å². The standard InChI is InChI=1S/C23H27N5O4/c1-14-13-19(20-15(2)26-27(4)21(20)24-14)23(30)32-16(3)22(29)25-17-5-7-18(8-6-17)28-9-11-31-12-10-28/h5-8,13,16H,9-12H2,1-4H3,(H,25,29). The van der Waals surface area contributed by atoms with Gasteiger partial charge in [0.25, 0.3) is 5.91 Å². The molecule has 0 spiro atoms. The van der Waals surface area contributed by atoms with Crippen molar-refractivity contribution in [1.29, 1.82) is 0 Å². The van der Waals surface area contributed by atoms with E-state index in [1.807, 2.05) is 31.2 Å². The largest absolute Gasteiger partial charge is 0.449 e. The monoisotopic (exact) mass is 437 g/mol. The van der Waals surface area contributed by atoms with E-state index in [4.69, 9.17) is 9.47 Å². The van der Waals surface area contributed by atoms with Crippen LogP contribution in [0.5, 0.6) is 0 Å². The number of hydrogen-bond donors (Lipinski definition) is 1. The minimum absolute atomic E-state index is 0.354. The normalized spacial score (nSPS) is 14.9. The van der Waals surface area contributed by atoms with Crippen molar-refractivity contribution in [1.82, 2.24) is 14.8 Å². The Labute approximate surface area is 186 Å². The molecule has 9 nitrogen and oxygen atoms in total. The Bertz CT molecular complexity index is 1150. The summed E-state index contributed by atoms with van der Waals surface area (Å²) in [4.78, 5) is 32.2. The number of carbonyl (C=O) groups is 2. The van der Waals surface area contributed by atoms with E-state index in [1.165, 1.54) is 0 Å². The molecule has 1 amide bonds. The molecule has 1 atom stereocenters. The molecule has 3 aromatic rings. The molecule has 2 aromatic heterocycles. The van der Waals surface area contributed by atoms with Gasteiger partial charge in [-0.05, 0) is 51.1 Å². The zero-order chi connectivity index (χ0) is 22.8. The molecule has 32 heavy (non-hydrogen) atoms. The molecule has 1 fully saturated rings. The van der Waals surface area contributed by atoms with E-state index in [9.17, 15) is 9.59 Å². The number of pyridine rings is 1. The van der Waals surface area contributed by atoms with Gasteiger partial charge in [-0.25, -0.2) is 9.78 Å². The van der Waals surface area contributed by atoms with Gasteiger partial charge in [-0.15, -0.1) is 0 Å². The maximum absolute atomic E-state index is 12.9. The predicted molar refractivity (Wildman–Crippen MR) is 121 cm³/mol. The Kier molecular flexibility index (Phi) is 6.09. The zero-order valence-electron chi connectivity index (χ0n) is 18.7. The molecule has 0 saturated carbocycles. The maximum Gasteiger partial charge on any atom is 0.339 e. The Morgan fingerprint density at radius 1 is 1.16 bits per heavy atom. The number of rotatable bonds is 5. The molecular weight excluding hydrogens is 410 g/mol. The molecule has 0 radical (unpaired) electrons. The molecule has 1 saturated heterocycles.